The Morgan fingerprint density at radius 2 is 1.65 bits per heavy atom. The van der Waals surface area contributed by atoms with E-state index in [2.05, 4.69) is 5.32 Å². The molecule has 3 aromatic carbocycles. The van der Waals surface area contributed by atoms with E-state index < -0.39 is 23.8 Å². The van der Waals surface area contributed by atoms with Gasteiger partial charge in [0.15, 0.2) is 0 Å². The van der Waals surface area contributed by atoms with E-state index in [0.717, 1.165) is 22.4 Å². The fourth-order valence-corrected chi connectivity index (χ4v) is 4.89. The maximum absolute atomic E-state index is 13.3. The first kappa shape index (κ1) is 24.6. The molecule has 3 atom stereocenters. The molecule has 7 heteroatoms. The molecule has 1 unspecified atom stereocenters. The molecule has 7 nitrogen and oxygen atoms in total. The highest BCUT2D eigenvalue weighted by atomic mass is 16.3. The first-order valence-electron chi connectivity index (χ1n) is 12.3. The van der Waals surface area contributed by atoms with Crippen molar-refractivity contribution in [2.24, 2.45) is 0 Å². The predicted molar refractivity (Wildman–Crippen MR) is 144 cm³/mol. The Hall–Kier alpha value is -4.07. The molecule has 0 aliphatic carbocycles. The van der Waals surface area contributed by atoms with Crippen LogP contribution in [0.5, 0.6) is 0 Å². The summed E-state index contributed by atoms with van der Waals surface area (Å²) in [6, 6.07) is 21.4. The maximum Gasteiger partial charge on any atom is 0.299 e. The first-order chi connectivity index (χ1) is 17.9. The van der Waals surface area contributed by atoms with Gasteiger partial charge in [-0.2, -0.15) is 0 Å². The average molecular weight is 496 g/mol. The Morgan fingerprint density at radius 3 is 2.35 bits per heavy atom. The molecule has 5 rings (SSSR count). The number of hydrogen-bond donors (Lipinski definition) is 2. The standard InChI is InChI=1S/C30H29N3O4/c1-19-8-12-23(13-9-19)33-26(15-11-21-6-4-3-5-7-21)27(29(33)36)31-22(18-34)17-32-25-14-10-20(2)16-24(25)28(35)30(32)37/h3-16,22,26-27,31,34H,17-18H2,1-2H3/b15-11+/t22?,26-,27+/m0/s1. The topological polar surface area (TPSA) is 90.0 Å². The van der Waals surface area contributed by atoms with Crippen molar-refractivity contribution in [2.45, 2.75) is 32.0 Å². The molecule has 1 fully saturated rings. The number of nitrogens with one attached hydrogen (secondary N) is 1. The van der Waals surface area contributed by atoms with E-state index in [-0.39, 0.29) is 25.1 Å². The van der Waals surface area contributed by atoms with Crippen LogP contribution in [-0.2, 0) is 9.59 Å². The molecule has 2 aliphatic rings. The summed E-state index contributed by atoms with van der Waals surface area (Å²) in [6.45, 7) is 3.63. The highest BCUT2D eigenvalue weighted by molar-refractivity contribution is 6.52. The SMILES string of the molecule is Cc1ccc(N2C(=O)[C@H](NC(CO)CN3C(=O)C(=O)c4cc(C)ccc43)[C@@H]2/C=C/c2ccccc2)cc1. The highest BCUT2D eigenvalue weighted by Gasteiger charge is 2.48. The second-order valence-electron chi connectivity index (χ2n) is 9.59. The summed E-state index contributed by atoms with van der Waals surface area (Å²) in [5.41, 5.74) is 4.70. The van der Waals surface area contributed by atoms with Gasteiger partial charge in [0.05, 0.1) is 23.9 Å². The van der Waals surface area contributed by atoms with E-state index in [4.69, 9.17) is 0 Å². The third-order valence-electron chi connectivity index (χ3n) is 6.91. The van der Waals surface area contributed by atoms with Crippen molar-refractivity contribution in [1.29, 1.82) is 0 Å². The van der Waals surface area contributed by atoms with Crippen LogP contribution in [0, 0.1) is 13.8 Å². The van der Waals surface area contributed by atoms with Crippen molar-refractivity contribution in [3.05, 3.63) is 101 Å². The van der Waals surface area contributed by atoms with Gasteiger partial charge < -0.3 is 14.9 Å². The molecule has 0 spiro atoms. The van der Waals surface area contributed by atoms with Gasteiger partial charge in [-0.15, -0.1) is 0 Å². The summed E-state index contributed by atoms with van der Waals surface area (Å²) in [5.74, 6) is -1.29. The zero-order valence-electron chi connectivity index (χ0n) is 20.8. The zero-order chi connectivity index (χ0) is 26.1. The molecule has 2 aliphatic heterocycles. The third-order valence-corrected chi connectivity index (χ3v) is 6.91. The summed E-state index contributed by atoms with van der Waals surface area (Å²) >= 11 is 0. The molecular weight excluding hydrogens is 466 g/mol. The summed E-state index contributed by atoms with van der Waals surface area (Å²) in [7, 11) is 0. The number of benzene rings is 3. The van der Waals surface area contributed by atoms with Crippen molar-refractivity contribution >= 4 is 35.0 Å². The molecule has 0 saturated carbocycles. The van der Waals surface area contributed by atoms with Crippen LogP contribution in [-0.4, -0.2) is 54.0 Å². The number of carbonyl (C=O) groups excluding carboxylic acids is 3. The van der Waals surface area contributed by atoms with Gasteiger partial charge in [-0.25, -0.2) is 0 Å². The number of anilines is 2. The monoisotopic (exact) mass is 495 g/mol. The van der Waals surface area contributed by atoms with Crippen LogP contribution in [0.2, 0.25) is 0 Å². The number of Topliss-reactive ketones (excluding diaryl/α,β-unsaturated/α-hetero) is 1. The van der Waals surface area contributed by atoms with Crippen LogP contribution in [0.3, 0.4) is 0 Å². The number of aryl methyl sites for hydroxylation is 2. The summed E-state index contributed by atoms with van der Waals surface area (Å²) in [4.78, 5) is 41.7. The van der Waals surface area contributed by atoms with E-state index in [1.165, 1.54) is 4.90 Å². The normalized spacial score (nSPS) is 19.9. The minimum atomic E-state index is -0.623. The quantitative estimate of drug-likeness (QED) is 0.370. The van der Waals surface area contributed by atoms with Crippen LogP contribution >= 0.6 is 0 Å². The minimum Gasteiger partial charge on any atom is -0.395 e. The Kier molecular flexibility index (Phi) is 6.74. The number of aliphatic hydroxyl groups is 1. The number of fused-ring (bicyclic) bond motifs is 1. The van der Waals surface area contributed by atoms with Gasteiger partial charge in [0.25, 0.3) is 11.7 Å². The zero-order valence-corrected chi connectivity index (χ0v) is 20.8. The highest BCUT2D eigenvalue weighted by Crippen LogP contribution is 2.32. The van der Waals surface area contributed by atoms with Crippen LogP contribution in [0.1, 0.15) is 27.0 Å². The van der Waals surface area contributed by atoms with Gasteiger partial charge >= 0.3 is 0 Å². The van der Waals surface area contributed by atoms with E-state index in [1.807, 2.05) is 86.7 Å². The molecule has 188 valence electrons. The lowest BCUT2D eigenvalue weighted by Crippen LogP contribution is -2.72. The molecule has 1 saturated heterocycles. The summed E-state index contributed by atoms with van der Waals surface area (Å²) in [5, 5.41) is 13.4. The van der Waals surface area contributed by atoms with Crippen LogP contribution < -0.4 is 15.1 Å². The number of nitrogens with zero attached hydrogens (tertiary/aromatic N) is 2. The molecule has 37 heavy (non-hydrogen) atoms. The number of β-lactam (4-membered cyclic amide) rings is 1. The molecule has 0 bridgehead atoms. The fourth-order valence-electron chi connectivity index (χ4n) is 4.89. The van der Waals surface area contributed by atoms with E-state index in [1.54, 1.807) is 17.0 Å². The first-order valence-corrected chi connectivity index (χ1v) is 12.3. The lowest BCUT2D eigenvalue weighted by atomic mass is 9.91. The van der Waals surface area contributed by atoms with Gasteiger partial charge in [0.1, 0.15) is 6.04 Å². The maximum atomic E-state index is 13.3. The van der Waals surface area contributed by atoms with Crippen molar-refractivity contribution in [1.82, 2.24) is 5.32 Å². The lowest BCUT2D eigenvalue weighted by Gasteiger charge is -2.47. The molecule has 2 amide bonds. The number of carbonyl (C=O) groups is 3. The van der Waals surface area contributed by atoms with E-state index in [9.17, 15) is 19.5 Å². The van der Waals surface area contributed by atoms with Crippen molar-refractivity contribution in [3.63, 3.8) is 0 Å². The fraction of sp³-hybridized carbons (Fsp3) is 0.233. The lowest BCUT2D eigenvalue weighted by molar-refractivity contribution is -0.126. The van der Waals surface area contributed by atoms with E-state index in [0.29, 0.717) is 11.3 Å². The average Bonchev–Trinajstić information content (AvgIpc) is 3.14. The number of rotatable bonds is 8. The minimum absolute atomic E-state index is 0.0700. The van der Waals surface area contributed by atoms with Crippen LogP contribution in [0.25, 0.3) is 6.08 Å². The van der Waals surface area contributed by atoms with Crippen molar-refractivity contribution in [2.75, 3.05) is 23.0 Å². The van der Waals surface area contributed by atoms with Crippen LogP contribution in [0.4, 0.5) is 11.4 Å². The van der Waals surface area contributed by atoms with Gasteiger partial charge in [-0.05, 0) is 43.7 Å². The third kappa shape index (κ3) is 4.71. The molecule has 2 heterocycles. The Bertz CT molecular complexity index is 1370. The summed E-state index contributed by atoms with van der Waals surface area (Å²) < 4.78 is 0. The number of aliphatic hydroxyl groups excluding tert-OH is 1. The number of hydrogen-bond acceptors (Lipinski definition) is 5. The Morgan fingerprint density at radius 1 is 0.946 bits per heavy atom. The molecule has 0 radical (unpaired) electrons. The second-order valence-corrected chi connectivity index (χ2v) is 9.59. The van der Waals surface area contributed by atoms with E-state index >= 15 is 0 Å². The predicted octanol–water partition coefficient (Wildman–Crippen LogP) is 3.28. The number of ketones is 1. The van der Waals surface area contributed by atoms with Gasteiger partial charge in [-0.3, -0.25) is 19.7 Å². The molecule has 3 aromatic rings. The summed E-state index contributed by atoms with van der Waals surface area (Å²) in [6.07, 6.45) is 3.95. The molecule has 0 aromatic heterocycles. The van der Waals surface area contributed by atoms with Gasteiger partial charge in [-0.1, -0.05) is 71.8 Å². The van der Waals surface area contributed by atoms with Gasteiger partial charge in [0.2, 0.25) is 5.91 Å². The Labute approximate surface area is 216 Å². The Balaban J connectivity index is 1.38. The second kappa shape index (κ2) is 10.1. The largest absolute Gasteiger partial charge is 0.395 e. The molecule has 2 N–H and O–H groups in total. The van der Waals surface area contributed by atoms with Crippen molar-refractivity contribution < 1.29 is 19.5 Å². The smallest absolute Gasteiger partial charge is 0.299 e. The van der Waals surface area contributed by atoms with Gasteiger partial charge in [0, 0.05) is 18.3 Å². The van der Waals surface area contributed by atoms with Crippen molar-refractivity contribution in [3.8, 4) is 0 Å². The molecular formula is C30H29N3O4. The van der Waals surface area contributed by atoms with Crippen LogP contribution in [0.15, 0.2) is 78.9 Å². The number of amides is 2.